The highest BCUT2D eigenvalue weighted by Gasteiger charge is 2.49. The number of amidine groups is 1. The summed E-state index contributed by atoms with van der Waals surface area (Å²) in [5.41, 5.74) is 2.02. The van der Waals surface area contributed by atoms with E-state index in [4.69, 9.17) is 10.5 Å². The molecule has 1 aromatic heterocycles. The molecule has 0 radical (unpaired) electrons. The SMILES string of the molecule is BC(B)(B)Oc1ccc(C(=O)Nc2ccc(F)c([C@@]3(C)N=C(N)[C@@](C)(F)C[C@@H]3F)c2)nc1. The first kappa shape index (κ1) is 23.8. The fraction of sp³-hybridized carbons (Fsp3) is 0.350. The standard InChI is InChI=1S/C20H24B3F3N4O2/c1-18(26)8-15(25)19(2,30-17(18)27)12-7-10(3-5-13(12)24)29-16(31)14-6-4-11(9-28-14)32-20(21,22)23/h3-7,9,15H,8,21-23H2,1-2H3,(H2,27,30)(H,29,31)/t15-,18-,19+/m0/s1. The molecule has 12 heteroatoms. The number of nitrogens with two attached hydrogens (primary N) is 1. The summed E-state index contributed by atoms with van der Waals surface area (Å²) >= 11 is 0. The Hall–Kier alpha value is -2.91. The van der Waals surface area contributed by atoms with Gasteiger partial charge < -0.3 is 15.8 Å². The van der Waals surface area contributed by atoms with E-state index in [1.807, 2.05) is 23.5 Å². The van der Waals surface area contributed by atoms with Crippen molar-refractivity contribution < 1.29 is 22.7 Å². The monoisotopic (exact) mass is 442 g/mol. The first-order chi connectivity index (χ1) is 14.7. The number of hydrogen-bond donors (Lipinski definition) is 2. The third kappa shape index (κ3) is 4.94. The number of amides is 1. The van der Waals surface area contributed by atoms with Crippen LogP contribution >= 0.6 is 0 Å². The van der Waals surface area contributed by atoms with Crippen LogP contribution in [0.4, 0.5) is 18.9 Å². The summed E-state index contributed by atoms with van der Waals surface area (Å²) < 4.78 is 49.6. The van der Waals surface area contributed by atoms with E-state index in [2.05, 4.69) is 15.3 Å². The molecule has 1 aliphatic rings. The van der Waals surface area contributed by atoms with Gasteiger partial charge in [0.2, 0.25) is 0 Å². The highest BCUT2D eigenvalue weighted by atomic mass is 19.2. The predicted molar refractivity (Wildman–Crippen MR) is 126 cm³/mol. The van der Waals surface area contributed by atoms with Crippen LogP contribution in [0.25, 0.3) is 0 Å². The molecule has 0 unspecified atom stereocenters. The van der Waals surface area contributed by atoms with Crippen molar-refractivity contribution in [2.75, 3.05) is 5.32 Å². The smallest absolute Gasteiger partial charge is 0.274 e. The maximum Gasteiger partial charge on any atom is 0.274 e. The van der Waals surface area contributed by atoms with Crippen LogP contribution in [-0.2, 0) is 5.54 Å². The first-order valence-corrected chi connectivity index (χ1v) is 10.2. The van der Waals surface area contributed by atoms with Gasteiger partial charge in [0.1, 0.15) is 58.3 Å². The molecule has 3 rings (SSSR count). The molecule has 166 valence electrons. The Labute approximate surface area is 187 Å². The number of nitrogens with one attached hydrogen (secondary N) is 1. The minimum absolute atomic E-state index is 0.111. The summed E-state index contributed by atoms with van der Waals surface area (Å²) in [6.07, 6.45) is -0.942. The largest absolute Gasteiger partial charge is 0.512 e. The van der Waals surface area contributed by atoms with Crippen LogP contribution in [0.2, 0.25) is 0 Å². The lowest BCUT2D eigenvalue weighted by Gasteiger charge is -2.38. The number of alkyl halides is 2. The molecular weight excluding hydrogens is 418 g/mol. The zero-order valence-electron chi connectivity index (χ0n) is 18.7. The fourth-order valence-corrected chi connectivity index (χ4v) is 3.42. The normalized spacial score (nSPS) is 25.7. The molecule has 0 bridgehead atoms. The summed E-state index contributed by atoms with van der Waals surface area (Å²) in [7, 11) is 5.67. The Kier molecular flexibility index (Phi) is 6.10. The van der Waals surface area contributed by atoms with Crippen LogP contribution in [0.3, 0.4) is 0 Å². The Morgan fingerprint density at radius 2 is 1.97 bits per heavy atom. The molecule has 3 N–H and O–H groups in total. The van der Waals surface area contributed by atoms with Crippen molar-refractivity contribution in [3.8, 4) is 5.75 Å². The van der Waals surface area contributed by atoms with Gasteiger partial charge in [-0.25, -0.2) is 18.2 Å². The molecular formula is C20H24B3F3N4O2. The molecule has 0 saturated heterocycles. The van der Waals surface area contributed by atoms with E-state index in [1.54, 1.807) is 6.07 Å². The van der Waals surface area contributed by atoms with E-state index in [0.717, 1.165) is 13.0 Å². The molecule has 3 atom stereocenters. The number of ether oxygens (including phenoxy) is 1. The molecule has 0 fully saturated rings. The van der Waals surface area contributed by atoms with Gasteiger partial charge >= 0.3 is 0 Å². The molecule has 2 heterocycles. The van der Waals surface area contributed by atoms with E-state index in [0.29, 0.717) is 5.75 Å². The number of aliphatic imine (C=N–C) groups is 1. The number of carbonyl (C=O) groups is 1. The molecule has 0 spiro atoms. The van der Waals surface area contributed by atoms with Crippen molar-refractivity contribution >= 4 is 41.0 Å². The van der Waals surface area contributed by atoms with Crippen molar-refractivity contribution in [2.45, 2.75) is 42.9 Å². The minimum atomic E-state index is -2.12. The van der Waals surface area contributed by atoms with Gasteiger partial charge in [-0.1, -0.05) is 0 Å². The van der Waals surface area contributed by atoms with E-state index in [9.17, 15) is 18.0 Å². The Morgan fingerprint density at radius 3 is 2.56 bits per heavy atom. The van der Waals surface area contributed by atoms with Crippen LogP contribution < -0.4 is 15.8 Å². The van der Waals surface area contributed by atoms with E-state index in [1.165, 1.54) is 31.3 Å². The van der Waals surface area contributed by atoms with Crippen molar-refractivity contribution in [2.24, 2.45) is 10.7 Å². The lowest BCUT2D eigenvalue weighted by Crippen LogP contribution is -2.51. The van der Waals surface area contributed by atoms with Crippen molar-refractivity contribution in [3.05, 3.63) is 53.6 Å². The number of aromatic nitrogens is 1. The summed E-state index contributed by atoms with van der Waals surface area (Å²) in [5.74, 6) is -1.18. The lowest BCUT2D eigenvalue weighted by molar-refractivity contribution is 0.102. The summed E-state index contributed by atoms with van der Waals surface area (Å²) in [4.78, 5) is 20.6. The van der Waals surface area contributed by atoms with E-state index >= 15 is 0 Å². The zero-order chi connectivity index (χ0) is 23.9. The molecule has 1 aliphatic heterocycles. The first-order valence-electron chi connectivity index (χ1n) is 10.2. The second kappa shape index (κ2) is 8.22. The van der Waals surface area contributed by atoms with Crippen molar-refractivity contribution in [1.82, 2.24) is 4.98 Å². The van der Waals surface area contributed by atoms with Gasteiger partial charge in [0.15, 0.2) is 5.67 Å². The lowest BCUT2D eigenvalue weighted by atomic mass is 9.52. The molecule has 6 nitrogen and oxygen atoms in total. The highest BCUT2D eigenvalue weighted by molar-refractivity contribution is 6.58. The van der Waals surface area contributed by atoms with Crippen LogP contribution in [0, 0.1) is 5.82 Å². The van der Waals surface area contributed by atoms with Gasteiger partial charge in [-0.15, -0.1) is 0 Å². The number of halogens is 3. The van der Waals surface area contributed by atoms with Gasteiger partial charge in [0.05, 0.1) is 6.20 Å². The summed E-state index contributed by atoms with van der Waals surface area (Å²) in [5, 5.41) is 2.20. The third-order valence-corrected chi connectivity index (χ3v) is 5.22. The maximum atomic E-state index is 14.9. The molecule has 0 saturated carbocycles. The number of nitrogens with zero attached hydrogens (tertiary/aromatic N) is 2. The highest BCUT2D eigenvalue weighted by Crippen LogP contribution is 2.42. The molecule has 1 amide bonds. The van der Waals surface area contributed by atoms with Gasteiger partial charge in [0.25, 0.3) is 5.91 Å². The van der Waals surface area contributed by atoms with Crippen LogP contribution in [0.5, 0.6) is 5.75 Å². The number of benzene rings is 1. The number of pyridine rings is 1. The van der Waals surface area contributed by atoms with Gasteiger partial charge in [-0.2, -0.15) is 0 Å². The number of rotatable bonds is 5. The topological polar surface area (TPSA) is 89.6 Å². The minimum Gasteiger partial charge on any atom is -0.512 e. The zero-order valence-corrected chi connectivity index (χ0v) is 18.7. The fourth-order valence-electron chi connectivity index (χ4n) is 3.42. The number of anilines is 1. The average molecular weight is 442 g/mol. The van der Waals surface area contributed by atoms with Crippen LogP contribution in [0.1, 0.15) is 36.3 Å². The molecule has 32 heavy (non-hydrogen) atoms. The van der Waals surface area contributed by atoms with Crippen molar-refractivity contribution in [3.63, 3.8) is 0 Å². The predicted octanol–water partition coefficient (Wildman–Crippen LogP) is 0.405. The number of carbonyl (C=O) groups excluding carboxylic acids is 1. The van der Waals surface area contributed by atoms with Gasteiger partial charge in [-0.05, 0) is 44.2 Å². The van der Waals surface area contributed by atoms with E-state index in [-0.39, 0.29) is 16.9 Å². The Bertz CT molecular complexity index is 1060. The Balaban J connectivity index is 1.85. The van der Waals surface area contributed by atoms with Gasteiger partial charge in [0, 0.05) is 23.0 Å². The Morgan fingerprint density at radius 1 is 1.28 bits per heavy atom. The third-order valence-electron chi connectivity index (χ3n) is 5.22. The molecule has 0 aliphatic carbocycles. The summed E-state index contributed by atoms with van der Waals surface area (Å²) in [6, 6.07) is 6.80. The molecule has 2 aromatic rings. The molecule has 1 aromatic carbocycles. The van der Waals surface area contributed by atoms with Crippen LogP contribution in [-0.4, -0.2) is 57.4 Å². The quantitative estimate of drug-likeness (QED) is 0.657. The second-order valence-electron chi connectivity index (χ2n) is 9.26. The van der Waals surface area contributed by atoms with Crippen LogP contribution in [0.15, 0.2) is 41.5 Å². The van der Waals surface area contributed by atoms with E-state index < -0.39 is 46.7 Å². The number of hydrogen-bond acceptors (Lipinski definition) is 5. The summed E-state index contributed by atoms with van der Waals surface area (Å²) in [6.45, 7) is 2.48. The average Bonchev–Trinajstić information content (AvgIpc) is 2.67. The van der Waals surface area contributed by atoms with Gasteiger partial charge in [-0.3, -0.25) is 9.79 Å². The van der Waals surface area contributed by atoms with Crippen molar-refractivity contribution in [1.29, 1.82) is 0 Å². The maximum absolute atomic E-state index is 14.9. The second-order valence-corrected chi connectivity index (χ2v) is 9.26.